The standard InChI is InChI=1S/C13H22N2/c14-10-9-13(7-8-13)11-15-12-5-3-1-2-4-6-12/h12,15H,1-9,11H2. The lowest BCUT2D eigenvalue weighted by molar-refractivity contribution is 0.389. The summed E-state index contributed by atoms with van der Waals surface area (Å²) in [6.45, 7) is 1.09. The smallest absolute Gasteiger partial charge is 0.0628 e. The molecule has 2 nitrogen and oxygen atoms in total. The molecular formula is C13H22N2. The van der Waals surface area contributed by atoms with E-state index in [0.29, 0.717) is 5.41 Å². The lowest BCUT2D eigenvalue weighted by atomic mass is 10.0. The Morgan fingerprint density at radius 2 is 1.80 bits per heavy atom. The van der Waals surface area contributed by atoms with E-state index in [9.17, 15) is 0 Å². The van der Waals surface area contributed by atoms with Crippen LogP contribution in [-0.2, 0) is 0 Å². The van der Waals surface area contributed by atoms with Gasteiger partial charge < -0.3 is 5.32 Å². The van der Waals surface area contributed by atoms with Gasteiger partial charge in [-0.2, -0.15) is 5.26 Å². The molecule has 0 saturated heterocycles. The van der Waals surface area contributed by atoms with E-state index >= 15 is 0 Å². The summed E-state index contributed by atoms with van der Waals surface area (Å²) in [4.78, 5) is 0. The first-order valence-corrected chi connectivity index (χ1v) is 6.45. The Hall–Kier alpha value is -0.550. The minimum atomic E-state index is 0.376. The van der Waals surface area contributed by atoms with Gasteiger partial charge in [0, 0.05) is 19.0 Å². The summed E-state index contributed by atoms with van der Waals surface area (Å²) in [5.41, 5.74) is 0.376. The highest BCUT2D eigenvalue weighted by Crippen LogP contribution is 2.48. The molecule has 0 unspecified atom stereocenters. The first-order chi connectivity index (χ1) is 7.35. The summed E-state index contributed by atoms with van der Waals surface area (Å²) in [5.74, 6) is 0. The molecule has 2 rings (SSSR count). The summed E-state index contributed by atoms with van der Waals surface area (Å²) in [6, 6.07) is 3.07. The third kappa shape index (κ3) is 3.21. The van der Waals surface area contributed by atoms with Crippen LogP contribution in [0.5, 0.6) is 0 Å². The van der Waals surface area contributed by atoms with Gasteiger partial charge in [-0.25, -0.2) is 0 Å². The van der Waals surface area contributed by atoms with Crippen LogP contribution >= 0.6 is 0 Å². The largest absolute Gasteiger partial charge is 0.313 e. The van der Waals surface area contributed by atoms with Crippen LogP contribution in [0.1, 0.15) is 57.8 Å². The van der Waals surface area contributed by atoms with Crippen molar-refractivity contribution in [2.45, 2.75) is 63.8 Å². The molecule has 2 fully saturated rings. The Balaban J connectivity index is 1.70. The molecule has 2 aliphatic carbocycles. The van der Waals surface area contributed by atoms with E-state index in [4.69, 9.17) is 5.26 Å². The number of hydrogen-bond donors (Lipinski definition) is 1. The van der Waals surface area contributed by atoms with Gasteiger partial charge >= 0.3 is 0 Å². The molecule has 0 heterocycles. The first-order valence-electron chi connectivity index (χ1n) is 6.45. The number of nitrogens with zero attached hydrogens (tertiary/aromatic N) is 1. The van der Waals surface area contributed by atoms with Crippen molar-refractivity contribution in [3.8, 4) is 6.07 Å². The minimum Gasteiger partial charge on any atom is -0.313 e. The third-order valence-electron chi connectivity index (χ3n) is 4.03. The molecule has 1 N–H and O–H groups in total. The molecule has 15 heavy (non-hydrogen) atoms. The molecule has 0 spiro atoms. The molecule has 0 aromatic rings. The molecule has 2 heteroatoms. The molecule has 0 bridgehead atoms. The van der Waals surface area contributed by atoms with Crippen LogP contribution in [0.2, 0.25) is 0 Å². The highest BCUT2D eigenvalue weighted by atomic mass is 14.9. The molecule has 0 atom stereocenters. The monoisotopic (exact) mass is 206 g/mol. The number of nitrogens with one attached hydrogen (secondary N) is 1. The lowest BCUT2D eigenvalue weighted by Crippen LogP contribution is -2.33. The molecule has 0 aromatic carbocycles. The van der Waals surface area contributed by atoms with E-state index in [1.807, 2.05) is 0 Å². The predicted octanol–water partition coefficient (Wildman–Crippen LogP) is 2.99. The Morgan fingerprint density at radius 3 is 2.33 bits per heavy atom. The summed E-state index contributed by atoms with van der Waals surface area (Å²) in [7, 11) is 0. The van der Waals surface area contributed by atoms with Gasteiger partial charge in [0.1, 0.15) is 0 Å². The van der Waals surface area contributed by atoms with Crippen molar-refractivity contribution in [3.05, 3.63) is 0 Å². The normalized spacial score (nSPS) is 25.5. The van der Waals surface area contributed by atoms with Crippen molar-refractivity contribution in [2.75, 3.05) is 6.54 Å². The van der Waals surface area contributed by atoms with Gasteiger partial charge in [-0.05, 0) is 31.1 Å². The SMILES string of the molecule is N#CCC1(CNC2CCCCCC2)CC1. The van der Waals surface area contributed by atoms with Gasteiger partial charge in [0.25, 0.3) is 0 Å². The quantitative estimate of drug-likeness (QED) is 0.718. The second-order valence-corrected chi connectivity index (χ2v) is 5.40. The Labute approximate surface area is 93.0 Å². The van der Waals surface area contributed by atoms with Crippen molar-refractivity contribution in [2.24, 2.45) is 5.41 Å². The second kappa shape index (κ2) is 4.99. The Kier molecular flexibility index (Phi) is 3.64. The van der Waals surface area contributed by atoms with Gasteiger partial charge in [0.05, 0.1) is 6.07 Å². The van der Waals surface area contributed by atoms with E-state index < -0.39 is 0 Å². The van der Waals surface area contributed by atoms with Crippen molar-refractivity contribution in [3.63, 3.8) is 0 Å². The van der Waals surface area contributed by atoms with Crippen molar-refractivity contribution >= 4 is 0 Å². The Bertz CT molecular complexity index is 229. The van der Waals surface area contributed by atoms with E-state index in [2.05, 4.69) is 11.4 Å². The van der Waals surface area contributed by atoms with Gasteiger partial charge in [0.15, 0.2) is 0 Å². The van der Waals surface area contributed by atoms with Crippen LogP contribution in [0.4, 0.5) is 0 Å². The third-order valence-corrected chi connectivity index (χ3v) is 4.03. The van der Waals surface area contributed by atoms with Crippen LogP contribution in [0, 0.1) is 16.7 Å². The number of rotatable bonds is 4. The van der Waals surface area contributed by atoms with E-state index in [-0.39, 0.29) is 0 Å². The number of nitriles is 1. The first kappa shape index (κ1) is 11.0. The number of hydrogen-bond acceptors (Lipinski definition) is 2. The summed E-state index contributed by atoms with van der Waals surface area (Å²) >= 11 is 0. The molecule has 84 valence electrons. The fraction of sp³-hybridized carbons (Fsp3) is 0.923. The maximum Gasteiger partial charge on any atom is 0.0628 e. The molecule has 0 aromatic heterocycles. The van der Waals surface area contributed by atoms with E-state index in [1.54, 1.807) is 0 Å². The highest BCUT2D eigenvalue weighted by Gasteiger charge is 2.42. The van der Waals surface area contributed by atoms with Crippen LogP contribution in [0.15, 0.2) is 0 Å². The maximum atomic E-state index is 8.75. The van der Waals surface area contributed by atoms with Gasteiger partial charge in [0.2, 0.25) is 0 Å². The van der Waals surface area contributed by atoms with Crippen LogP contribution < -0.4 is 5.32 Å². The molecule has 2 saturated carbocycles. The molecule has 2 aliphatic rings. The zero-order valence-electron chi connectivity index (χ0n) is 9.60. The topological polar surface area (TPSA) is 35.8 Å². The van der Waals surface area contributed by atoms with Crippen LogP contribution in [-0.4, -0.2) is 12.6 Å². The average Bonchev–Trinajstić information content (AvgIpc) is 3.00. The van der Waals surface area contributed by atoms with Crippen molar-refractivity contribution in [1.82, 2.24) is 5.32 Å². The second-order valence-electron chi connectivity index (χ2n) is 5.40. The molecule has 0 aliphatic heterocycles. The van der Waals surface area contributed by atoms with Crippen molar-refractivity contribution < 1.29 is 0 Å². The summed E-state index contributed by atoms with van der Waals surface area (Å²) < 4.78 is 0. The summed E-state index contributed by atoms with van der Waals surface area (Å²) in [6.07, 6.45) is 11.6. The predicted molar refractivity (Wildman–Crippen MR) is 61.4 cm³/mol. The zero-order valence-corrected chi connectivity index (χ0v) is 9.60. The van der Waals surface area contributed by atoms with Crippen LogP contribution in [0.25, 0.3) is 0 Å². The van der Waals surface area contributed by atoms with Gasteiger partial charge in [-0.15, -0.1) is 0 Å². The zero-order chi connectivity index (χ0) is 10.6. The Morgan fingerprint density at radius 1 is 1.13 bits per heavy atom. The van der Waals surface area contributed by atoms with Gasteiger partial charge in [-0.1, -0.05) is 25.7 Å². The lowest BCUT2D eigenvalue weighted by Gasteiger charge is -2.19. The molecule has 0 radical (unpaired) electrons. The van der Waals surface area contributed by atoms with Gasteiger partial charge in [-0.3, -0.25) is 0 Å². The average molecular weight is 206 g/mol. The summed E-state index contributed by atoms with van der Waals surface area (Å²) in [5, 5.41) is 12.4. The highest BCUT2D eigenvalue weighted by molar-refractivity contribution is 5.01. The van der Waals surface area contributed by atoms with E-state index in [0.717, 1.165) is 19.0 Å². The fourth-order valence-corrected chi connectivity index (χ4v) is 2.60. The molecular weight excluding hydrogens is 184 g/mol. The van der Waals surface area contributed by atoms with E-state index in [1.165, 1.54) is 51.4 Å². The minimum absolute atomic E-state index is 0.376. The van der Waals surface area contributed by atoms with Crippen molar-refractivity contribution in [1.29, 1.82) is 5.26 Å². The maximum absolute atomic E-state index is 8.75. The molecule has 0 amide bonds. The fourth-order valence-electron chi connectivity index (χ4n) is 2.60. The van der Waals surface area contributed by atoms with Crippen LogP contribution in [0.3, 0.4) is 0 Å².